The molecule has 0 amide bonds. The van der Waals surface area contributed by atoms with Crippen LogP contribution < -0.4 is 4.72 Å². The summed E-state index contributed by atoms with van der Waals surface area (Å²) >= 11 is 0. The molecule has 0 aliphatic rings. The first-order valence-corrected chi connectivity index (χ1v) is 7.56. The lowest BCUT2D eigenvalue weighted by molar-refractivity contribution is 0.273. The van der Waals surface area contributed by atoms with E-state index in [2.05, 4.69) is 20.0 Å². The molecule has 0 spiro atoms. The van der Waals surface area contributed by atoms with Crippen LogP contribution in [0.1, 0.15) is 17.0 Å². The molecule has 2 heterocycles. The number of aromatic amines is 1. The Morgan fingerprint density at radius 1 is 1.45 bits per heavy atom. The summed E-state index contributed by atoms with van der Waals surface area (Å²) in [5.74, 6) is 0. The van der Waals surface area contributed by atoms with Crippen LogP contribution in [0.5, 0.6) is 0 Å². The number of hydrogen-bond acceptors (Lipinski definition) is 5. The third-order valence-electron chi connectivity index (χ3n) is 2.78. The molecular weight excluding hydrogens is 282 g/mol. The monoisotopic (exact) mass is 299 g/mol. The lowest BCUT2D eigenvalue weighted by Gasteiger charge is -2.07. The van der Waals surface area contributed by atoms with Crippen molar-refractivity contribution in [3.63, 3.8) is 0 Å². The van der Waals surface area contributed by atoms with Gasteiger partial charge in [-0.3, -0.25) is 9.78 Å². The van der Waals surface area contributed by atoms with Crippen LogP contribution in [-0.4, -0.2) is 40.0 Å². The fourth-order valence-corrected chi connectivity index (χ4v) is 3.26. The average Bonchev–Trinajstić information content (AvgIpc) is 2.95. The van der Waals surface area contributed by atoms with Crippen molar-refractivity contribution < 1.29 is 13.5 Å². The molecule has 9 heteroatoms. The summed E-state index contributed by atoms with van der Waals surface area (Å²) in [6.45, 7) is 3.71. The molecule has 0 radical (unpaired) electrons. The van der Waals surface area contributed by atoms with Crippen molar-refractivity contribution in [2.24, 2.45) is 0 Å². The molecule has 8 nitrogen and oxygen atoms in total. The number of sulfonamides is 1. The molecule has 3 N–H and O–H groups in total. The van der Waals surface area contributed by atoms with Gasteiger partial charge in [-0.1, -0.05) is 0 Å². The number of H-pyrrole nitrogens is 1. The molecule has 0 atom stereocenters. The minimum absolute atomic E-state index is 0.0108. The fraction of sp³-hybridized carbons (Fsp3) is 0.455. The smallest absolute Gasteiger partial charge is 0.244 e. The third-order valence-corrected chi connectivity index (χ3v) is 4.44. The number of rotatable bonds is 6. The van der Waals surface area contributed by atoms with Crippen molar-refractivity contribution >= 4 is 10.0 Å². The number of nitrogens with one attached hydrogen (secondary N) is 2. The molecule has 20 heavy (non-hydrogen) atoms. The molecule has 0 saturated carbocycles. The van der Waals surface area contributed by atoms with Gasteiger partial charge in [0.2, 0.25) is 10.0 Å². The van der Waals surface area contributed by atoms with E-state index in [9.17, 15) is 8.42 Å². The van der Waals surface area contributed by atoms with Gasteiger partial charge in [-0.25, -0.2) is 13.1 Å². The molecule has 0 unspecified atom stereocenters. The molecule has 0 aliphatic carbocycles. The number of aromatic nitrogens is 4. The summed E-state index contributed by atoms with van der Waals surface area (Å²) in [6, 6.07) is 0. The summed E-state index contributed by atoms with van der Waals surface area (Å²) in [6.07, 6.45) is 3.54. The van der Waals surface area contributed by atoms with E-state index in [0.717, 1.165) is 5.56 Å². The standard InChI is InChI=1S/C11H17N5O3S/c1-8-5-12-16(6-8)4-3-13-20(18,19)11-9(2)14-15-10(11)7-17/h5-6,13,17H,3-4,7H2,1-2H3,(H,14,15). The topological polar surface area (TPSA) is 113 Å². The second-order valence-corrected chi connectivity index (χ2v) is 6.16. The summed E-state index contributed by atoms with van der Waals surface area (Å²) in [5, 5.41) is 19.5. The Hall–Kier alpha value is -1.71. The zero-order chi connectivity index (χ0) is 14.8. The van der Waals surface area contributed by atoms with Crippen LogP contribution in [0.3, 0.4) is 0 Å². The van der Waals surface area contributed by atoms with Gasteiger partial charge >= 0.3 is 0 Å². The second kappa shape index (κ2) is 5.73. The molecular formula is C11H17N5O3S. The zero-order valence-corrected chi connectivity index (χ0v) is 12.1. The molecule has 110 valence electrons. The summed E-state index contributed by atoms with van der Waals surface area (Å²) in [4.78, 5) is 0.0108. The first-order valence-electron chi connectivity index (χ1n) is 6.07. The van der Waals surface area contributed by atoms with Crippen LogP contribution in [0, 0.1) is 13.8 Å². The Balaban J connectivity index is 2.06. The van der Waals surface area contributed by atoms with Gasteiger partial charge in [0.1, 0.15) is 10.6 Å². The van der Waals surface area contributed by atoms with Gasteiger partial charge in [-0.05, 0) is 19.4 Å². The Labute approximate surface area is 116 Å². The summed E-state index contributed by atoms with van der Waals surface area (Å²) < 4.78 is 28.5. The highest BCUT2D eigenvalue weighted by Gasteiger charge is 2.23. The maximum absolute atomic E-state index is 12.2. The lowest BCUT2D eigenvalue weighted by atomic mass is 10.4. The SMILES string of the molecule is Cc1cnn(CCNS(=O)(=O)c2c(CO)n[nH]c2C)c1. The predicted octanol–water partition coefficient (Wildman–Crippen LogP) is -0.306. The molecule has 0 saturated heterocycles. The molecule has 2 aromatic heterocycles. The highest BCUT2D eigenvalue weighted by atomic mass is 32.2. The predicted molar refractivity (Wildman–Crippen MR) is 71.4 cm³/mol. The minimum atomic E-state index is -3.70. The normalized spacial score (nSPS) is 11.9. The van der Waals surface area contributed by atoms with Gasteiger partial charge in [0.15, 0.2) is 0 Å². The van der Waals surface area contributed by atoms with Crippen LogP contribution in [-0.2, 0) is 23.2 Å². The first kappa shape index (κ1) is 14.7. The molecule has 0 aliphatic heterocycles. The number of hydrogen-bond donors (Lipinski definition) is 3. The maximum atomic E-state index is 12.2. The van der Waals surface area contributed by atoms with Crippen LogP contribution in [0.4, 0.5) is 0 Å². The molecule has 2 aromatic rings. The molecule has 0 fully saturated rings. The van der Waals surface area contributed by atoms with E-state index in [1.807, 2.05) is 13.1 Å². The van der Waals surface area contributed by atoms with Crippen molar-refractivity contribution in [3.05, 3.63) is 29.3 Å². The highest BCUT2D eigenvalue weighted by molar-refractivity contribution is 7.89. The quantitative estimate of drug-likeness (QED) is 0.677. The third kappa shape index (κ3) is 3.06. The van der Waals surface area contributed by atoms with Crippen LogP contribution in [0.2, 0.25) is 0 Å². The highest BCUT2D eigenvalue weighted by Crippen LogP contribution is 2.17. The van der Waals surface area contributed by atoms with Crippen molar-refractivity contribution in [3.8, 4) is 0 Å². The van der Waals surface area contributed by atoms with Gasteiger partial charge in [0.05, 0.1) is 25.0 Å². The van der Waals surface area contributed by atoms with Crippen LogP contribution in [0.15, 0.2) is 17.3 Å². The van der Waals surface area contributed by atoms with Crippen molar-refractivity contribution in [2.45, 2.75) is 31.9 Å². The number of nitrogens with zero attached hydrogens (tertiary/aromatic N) is 3. The van der Waals surface area contributed by atoms with Gasteiger partial charge in [0, 0.05) is 12.7 Å². The van der Waals surface area contributed by atoms with Gasteiger partial charge in [-0.2, -0.15) is 10.2 Å². The van der Waals surface area contributed by atoms with Crippen molar-refractivity contribution in [1.29, 1.82) is 0 Å². The first-order chi connectivity index (χ1) is 9.44. The Morgan fingerprint density at radius 3 is 2.80 bits per heavy atom. The summed E-state index contributed by atoms with van der Waals surface area (Å²) in [7, 11) is -3.70. The van der Waals surface area contributed by atoms with Gasteiger partial charge in [-0.15, -0.1) is 0 Å². The van der Waals surface area contributed by atoms with E-state index >= 15 is 0 Å². The van der Waals surface area contributed by atoms with Gasteiger partial charge < -0.3 is 5.11 Å². The van der Waals surface area contributed by atoms with Gasteiger partial charge in [0.25, 0.3) is 0 Å². The van der Waals surface area contributed by atoms with E-state index in [1.54, 1.807) is 17.8 Å². The van der Waals surface area contributed by atoms with Crippen molar-refractivity contribution in [2.75, 3.05) is 6.54 Å². The summed E-state index contributed by atoms with van der Waals surface area (Å²) in [5.41, 5.74) is 1.53. The van der Waals surface area contributed by atoms with E-state index in [0.29, 0.717) is 12.2 Å². The van der Waals surface area contributed by atoms with Crippen LogP contribution >= 0.6 is 0 Å². The molecule has 2 rings (SSSR count). The number of aliphatic hydroxyl groups excluding tert-OH is 1. The largest absolute Gasteiger partial charge is 0.390 e. The van der Waals surface area contributed by atoms with E-state index in [-0.39, 0.29) is 17.1 Å². The molecule has 0 bridgehead atoms. The number of aryl methyl sites for hydroxylation is 2. The zero-order valence-electron chi connectivity index (χ0n) is 11.3. The van der Waals surface area contributed by atoms with E-state index in [1.165, 1.54) is 0 Å². The van der Waals surface area contributed by atoms with Crippen molar-refractivity contribution in [1.82, 2.24) is 24.7 Å². The Bertz CT molecular complexity index is 689. The second-order valence-electron chi connectivity index (χ2n) is 4.46. The fourth-order valence-electron chi connectivity index (χ4n) is 1.89. The minimum Gasteiger partial charge on any atom is -0.390 e. The lowest BCUT2D eigenvalue weighted by Crippen LogP contribution is -2.28. The average molecular weight is 299 g/mol. The maximum Gasteiger partial charge on any atom is 0.244 e. The molecule has 0 aromatic carbocycles. The van der Waals surface area contributed by atoms with Crippen LogP contribution in [0.25, 0.3) is 0 Å². The number of aliphatic hydroxyl groups is 1. The Kier molecular flexibility index (Phi) is 4.21. The van der Waals surface area contributed by atoms with E-state index < -0.39 is 16.6 Å². The van der Waals surface area contributed by atoms with E-state index in [4.69, 9.17) is 5.11 Å². The Morgan fingerprint density at radius 2 is 2.20 bits per heavy atom.